The molecule has 1 heterocycles. The first-order chi connectivity index (χ1) is 4.84. The van der Waals surface area contributed by atoms with Gasteiger partial charge in [-0.3, -0.25) is 0 Å². The molecular formula is C6H9NOS2. The van der Waals surface area contributed by atoms with Crippen LogP contribution in [0.4, 0.5) is 0 Å². The number of thioether (sulfide) groups is 1. The van der Waals surface area contributed by atoms with E-state index in [-0.39, 0.29) is 4.71 Å². The normalized spacial score (nSPS) is 25.9. The van der Waals surface area contributed by atoms with E-state index in [9.17, 15) is 4.55 Å². The van der Waals surface area contributed by atoms with Crippen LogP contribution >= 0.6 is 11.8 Å². The van der Waals surface area contributed by atoms with Gasteiger partial charge < -0.3 is 9.87 Å². The van der Waals surface area contributed by atoms with Crippen LogP contribution in [0.15, 0.2) is 24.3 Å². The molecule has 2 nitrogen and oxygen atoms in total. The topological polar surface area (TPSA) is 35.1 Å². The summed E-state index contributed by atoms with van der Waals surface area (Å²) in [6.45, 7) is 3.52. The summed E-state index contributed by atoms with van der Waals surface area (Å²) < 4.78 is 11.2. The summed E-state index contributed by atoms with van der Waals surface area (Å²) in [5.74, 6) is 0.562. The van der Waals surface area contributed by atoms with E-state index in [1.54, 1.807) is 17.8 Å². The molecule has 56 valence electrons. The minimum atomic E-state index is -0.824. The molecule has 0 bridgehead atoms. The second kappa shape index (κ2) is 3.95. The maximum Gasteiger partial charge on any atom is 0.237 e. The number of rotatable bonds is 3. The van der Waals surface area contributed by atoms with Gasteiger partial charge in [0.05, 0.1) is 0 Å². The molecule has 0 aromatic heterocycles. The van der Waals surface area contributed by atoms with Crippen LogP contribution in [-0.4, -0.2) is 15.0 Å². The van der Waals surface area contributed by atoms with Crippen LogP contribution in [-0.2, 0) is 11.2 Å². The molecule has 1 aliphatic rings. The van der Waals surface area contributed by atoms with Gasteiger partial charge in [-0.2, -0.15) is 0 Å². The molecule has 0 spiro atoms. The van der Waals surface area contributed by atoms with Crippen molar-refractivity contribution in [2.45, 2.75) is 4.71 Å². The Hall–Kier alpha value is -0.0600. The van der Waals surface area contributed by atoms with Gasteiger partial charge in [0, 0.05) is 6.20 Å². The summed E-state index contributed by atoms with van der Waals surface area (Å²) in [4.78, 5) is 0. The molecule has 0 aromatic carbocycles. The highest BCUT2D eigenvalue weighted by atomic mass is 32.3. The Balaban J connectivity index is 2.27. The highest BCUT2D eigenvalue weighted by Crippen LogP contribution is 2.21. The van der Waals surface area contributed by atoms with Crippen LogP contribution in [0.2, 0.25) is 0 Å². The zero-order valence-corrected chi connectivity index (χ0v) is 7.08. The maximum absolute atomic E-state index is 11.2. The summed E-state index contributed by atoms with van der Waals surface area (Å²) in [5, 5.41) is 4.88. The first-order valence-electron chi connectivity index (χ1n) is 2.89. The van der Waals surface area contributed by atoms with Crippen molar-refractivity contribution in [2.24, 2.45) is 0 Å². The van der Waals surface area contributed by atoms with Crippen molar-refractivity contribution in [3.05, 3.63) is 24.3 Å². The Morgan fingerprint density at radius 2 is 2.70 bits per heavy atom. The standard InChI is InChI=1S/C6H9NOS2/c1-2-5-10(8)6-7-3-4-9-6/h2-4,6-7H,1,5H2. The summed E-state index contributed by atoms with van der Waals surface area (Å²) in [7, 11) is 0. The summed E-state index contributed by atoms with van der Waals surface area (Å²) in [6.07, 6.45) is 3.49. The van der Waals surface area contributed by atoms with E-state index in [2.05, 4.69) is 11.9 Å². The molecule has 0 aliphatic carbocycles. The van der Waals surface area contributed by atoms with Crippen molar-refractivity contribution < 1.29 is 4.55 Å². The van der Waals surface area contributed by atoms with Crippen molar-refractivity contribution in [2.75, 3.05) is 5.75 Å². The van der Waals surface area contributed by atoms with E-state index in [0.29, 0.717) is 5.75 Å². The molecule has 0 radical (unpaired) electrons. The van der Waals surface area contributed by atoms with E-state index in [1.165, 1.54) is 0 Å². The molecular weight excluding hydrogens is 166 g/mol. The van der Waals surface area contributed by atoms with Crippen LogP contribution in [0, 0.1) is 0 Å². The predicted octanol–water partition coefficient (Wildman–Crippen LogP) is 1.01. The van der Waals surface area contributed by atoms with E-state index in [4.69, 9.17) is 0 Å². The molecule has 1 rings (SSSR count). The van der Waals surface area contributed by atoms with Crippen LogP contribution in [0.5, 0.6) is 0 Å². The number of nitrogens with one attached hydrogen (secondary N) is 1. The molecule has 0 amide bonds. The average molecular weight is 175 g/mol. The third kappa shape index (κ3) is 1.97. The highest BCUT2D eigenvalue weighted by molar-refractivity contribution is 8.15. The summed E-state index contributed by atoms with van der Waals surface area (Å²) in [6, 6.07) is 0. The Labute approximate surface area is 67.9 Å². The van der Waals surface area contributed by atoms with Gasteiger partial charge in [-0.15, -0.1) is 0 Å². The second-order valence-electron chi connectivity index (χ2n) is 1.77. The van der Waals surface area contributed by atoms with Gasteiger partial charge in [0.2, 0.25) is 4.71 Å². The third-order valence-electron chi connectivity index (χ3n) is 1.02. The first kappa shape index (κ1) is 8.04. The van der Waals surface area contributed by atoms with Gasteiger partial charge in [-0.1, -0.05) is 18.3 Å². The van der Waals surface area contributed by atoms with Crippen molar-refractivity contribution in [3.63, 3.8) is 0 Å². The average Bonchev–Trinajstić information content (AvgIpc) is 2.38. The Bertz CT molecular complexity index is 141. The smallest absolute Gasteiger partial charge is 0.237 e. The number of hydrogen-bond acceptors (Lipinski definition) is 3. The molecule has 0 aromatic rings. The molecule has 10 heavy (non-hydrogen) atoms. The zero-order valence-electron chi connectivity index (χ0n) is 5.45. The predicted molar refractivity (Wildman–Crippen MR) is 46.9 cm³/mol. The van der Waals surface area contributed by atoms with Gasteiger partial charge in [-0.05, 0) is 22.7 Å². The number of hydrogen-bond donors (Lipinski definition) is 1. The molecule has 1 aliphatic heterocycles. The fourth-order valence-corrected chi connectivity index (χ4v) is 2.63. The molecule has 0 fully saturated rings. The van der Waals surface area contributed by atoms with Crippen molar-refractivity contribution >= 4 is 22.9 Å². The fraction of sp³-hybridized carbons (Fsp3) is 0.333. The summed E-state index contributed by atoms with van der Waals surface area (Å²) >= 11 is 0.727. The van der Waals surface area contributed by atoms with Crippen LogP contribution in [0.25, 0.3) is 0 Å². The Kier molecular flexibility index (Phi) is 3.18. The lowest BCUT2D eigenvalue weighted by atomic mass is 10.8. The van der Waals surface area contributed by atoms with Crippen LogP contribution in [0.1, 0.15) is 0 Å². The Morgan fingerprint density at radius 1 is 1.90 bits per heavy atom. The minimum absolute atomic E-state index is 0.0398. The molecule has 2 atom stereocenters. The summed E-state index contributed by atoms with van der Waals surface area (Å²) in [5.41, 5.74) is 0. The lowest BCUT2D eigenvalue weighted by Gasteiger charge is -2.14. The monoisotopic (exact) mass is 175 g/mol. The minimum Gasteiger partial charge on any atom is -0.614 e. The van der Waals surface area contributed by atoms with Crippen LogP contribution < -0.4 is 5.32 Å². The largest absolute Gasteiger partial charge is 0.614 e. The van der Waals surface area contributed by atoms with Crippen molar-refractivity contribution in [1.82, 2.24) is 5.32 Å². The lowest BCUT2D eigenvalue weighted by Crippen LogP contribution is -2.28. The quantitative estimate of drug-likeness (QED) is 0.513. The molecule has 0 saturated heterocycles. The van der Waals surface area contributed by atoms with Gasteiger partial charge >= 0.3 is 0 Å². The maximum atomic E-state index is 11.2. The first-order valence-corrected chi connectivity index (χ1v) is 5.21. The van der Waals surface area contributed by atoms with E-state index >= 15 is 0 Å². The van der Waals surface area contributed by atoms with Gasteiger partial charge in [-0.25, -0.2) is 0 Å². The fourth-order valence-electron chi connectivity index (χ4n) is 0.609. The molecule has 2 unspecified atom stereocenters. The molecule has 0 saturated carbocycles. The Morgan fingerprint density at radius 3 is 3.20 bits per heavy atom. The third-order valence-corrected chi connectivity index (χ3v) is 3.86. The second-order valence-corrected chi connectivity index (χ2v) is 4.65. The van der Waals surface area contributed by atoms with E-state index in [0.717, 1.165) is 0 Å². The highest BCUT2D eigenvalue weighted by Gasteiger charge is 2.21. The zero-order chi connectivity index (χ0) is 7.40. The van der Waals surface area contributed by atoms with Gasteiger partial charge in [0.25, 0.3) is 0 Å². The van der Waals surface area contributed by atoms with Gasteiger partial charge in [0.15, 0.2) is 0 Å². The molecule has 1 N–H and O–H groups in total. The molecule has 4 heteroatoms. The lowest BCUT2D eigenvalue weighted by molar-refractivity contribution is 0.592. The van der Waals surface area contributed by atoms with E-state index in [1.807, 2.05) is 11.6 Å². The van der Waals surface area contributed by atoms with Gasteiger partial charge in [0.1, 0.15) is 5.75 Å². The van der Waals surface area contributed by atoms with Crippen LogP contribution in [0.3, 0.4) is 0 Å². The van der Waals surface area contributed by atoms with Crippen molar-refractivity contribution in [3.8, 4) is 0 Å². The van der Waals surface area contributed by atoms with Crippen molar-refractivity contribution in [1.29, 1.82) is 0 Å². The van der Waals surface area contributed by atoms with E-state index < -0.39 is 11.2 Å². The SMILES string of the molecule is C=CC[S+]([O-])C1NC=CS1.